The van der Waals surface area contributed by atoms with Crippen molar-refractivity contribution in [2.75, 3.05) is 46.2 Å². The van der Waals surface area contributed by atoms with Gasteiger partial charge in [-0.15, -0.1) is 0 Å². The Morgan fingerprint density at radius 1 is 0.476 bits per heavy atom. The van der Waals surface area contributed by atoms with Crippen molar-refractivity contribution in [2.45, 2.75) is 12.8 Å². The summed E-state index contributed by atoms with van der Waals surface area (Å²) in [5, 5.41) is 19.3. The summed E-state index contributed by atoms with van der Waals surface area (Å²) in [6, 6.07) is 7.63. The Kier molecular flexibility index (Phi) is 13.4. The second-order valence-corrected chi connectivity index (χ2v) is 14.8. The third-order valence-corrected chi connectivity index (χ3v) is 9.82. The van der Waals surface area contributed by atoms with Gasteiger partial charge < -0.3 is 70.4 Å². The molecule has 9 N–H and O–H groups in total. The molecule has 0 aromatic carbocycles. The van der Waals surface area contributed by atoms with Gasteiger partial charge in [-0.25, -0.2) is 4.98 Å². The smallest absolute Gasteiger partial charge is 0.291 e. The average molecular weight is 864 g/mol. The monoisotopic (exact) mass is 863 g/mol. The Hall–Kier alpha value is -8.14. The highest BCUT2D eigenvalue weighted by Crippen LogP contribution is 2.21. The van der Waals surface area contributed by atoms with Gasteiger partial charge in [-0.3, -0.25) is 33.6 Å². The third kappa shape index (κ3) is 10.6. The molecule has 22 nitrogen and oxygen atoms in total. The second kappa shape index (κ2) is 19.1. The van der Waals surface area contributed by atoms with Crippen molar-refractivity contribution >= 4 is 69.8 Å². The normalized spacial score (nSPS) is 10.9. The molecule has 0 aliphatic heterocycles. The first-order valence-corrected chi connectivity index (χ1v) is 19.6. The van der Waals surface area contributed by atoms with Crippen molar-refractivity contribution in [2.24, 2.45) is 48.0 Å². The van der Waals surface area contributed by atoms with Crippen molar-refractivity contribution in [3.63, 3.8) is 0 Å². The lowest BCUT2D eigenvalue weighted by molar-refractivity contribution is -0.116. The maximum absolute atomic E-state index is 13.3. The van der Waals surface area contributed by atoms with Gasteiger partial charge in [0, 0.05) is 112 Å². The van der Waals surface area contributed by atoms with Crippen LogP contribution in [0.25, 0.3) is 0 Å². The van der Waals surface area contributed by atoms with Crippen LogP contribution < -0.4 is 43.0 Å². The number of hydrogen-bond acceptors (Lipinski definition) is 9. The summed E-state index contributed by atoms with van der Waals surface area (Å²) in [6.07, 6.45) is 11.6. The van der Waals surface area contributed by atoms with Crippen molar-refractivity contribution in [3.05, 3.63) is 108 Å². The van der Waals surface area contributed by atoms with Crippen LogP contribution in [0.1, 0.15) is 75.9 Å². The number of anilines is 5. The van der Waals surface area contributed by atoms with Gasteiger partial charge in [0.1, 0.15) is 28.5 Å². The minimum Gasteiger partial charge on any atom is -0.351 e. The molecule has 0 spiro atoms. The summed E-state index contributed by atoms with van der Waals surface area (Å²) in [5.74, 6) is -2.65. The number of aromatic nitrogens is 7. The summed E-state index contributed by atoms with van der Waals surface area (Å²) in [7, 11) is 10.0. The molecule has 0 atom stereocenters. The van der Waals surface area contributed by atoms with Gasteiger partial charge in [-0.2, -0.15) is 0 Å². The summed E-state index contributed by atoms with van der Waals surface area (Å²) >= 11 is 0. The number of carbonyl (C=O) groups is 7. The lowest BCUT2D eigenvalue weighted by Gasteiger charge is -2.06. The number of hydrogen-bond donors (Lipinski definition) is 8. The molecule has 0 saturated carbocycles. The average Bonchev–Trinajstić information content (AvgIpc) is 4.09. The van der Waals surface area contributed by atoms with Crippen LogP contribution in [-0.2, 0) is 47.1 Å². The van der Waals surface area contributed by atoms with Crippen LogP contribution >= 0.6 is 0 Å². The largest absolute Gasteiger partial charge is 0.351 e. The minimum atomic E-state index is -0.494. The van der Waals surface area contributed by atoms with Gasteiger partial charge in [0.05, 0.1) is 28.4 Å². The zero-order valence-electron chi connectivity index (χ0n) is 35.5. The summed E-state index contributed by atoms with van der Waals surface area (Å²) < 4.78 is 9.39. The maximum atomic E-state index is 13.3. The van der Waals surface area contributed by atoms with Crippen LogP contribution in [0.15, 0.2) is 73.7 Å². The number of aryl methyl sites for hydroxylation is 6. The van der Waals surface area contributed by atoms with Crippen molar-refractivity contribution in [1.29, 1.82) is 0 Å². The van der Waals surface area contributed by atoms with Crippen LogP contribution in [0.4, 0.5) is 28.4 Å². The number of imidazole rings is 1. The zero-order valence-corrected chi connectivity index (χ0v) is 35.5. The molecule has 22 heteroatoms. The van der Waals surface area contributed by atoms with Gasteiger partial charge in [0.15, 0.2) is 5.82 Å². The molecule has 63 heavy (non-hydrogen) atoms. The second-order valence-electron chi connectivity index (χ2n) is 14.8. The van der Waals surface area contributed by atoms with Crippen molar-refractivity contribution in [1.82, 2.24) is 43.0 Å². The van der Waals surface area contributed by atoms with Gasteiger partial charge in [-0.1, -0.05) is 0 Å². The molecule has 0 fully saturated rings. The van der Waals surface area contributed by atoms with Gasteiger partial charge in [-0.05, 0) is 36.8 Å². The van der Waals surface area contributed by atoms with E-state index in [1.165, 1.54) is 24.4 Å². The molecule has 6 rings (SSSR count). The SMILES string of the molecule is Cn1cc(NC(=O)c2cc(NC(=O)c3cc(NC(=O)c4cc(NC(=O)CCCNC(=O)c5cc(NC(=O)c6nccn6C)cn5C)cn4C)cn3C)cn2C)cc1C(=O)NCCN. The summed E-state index contributed by atoms with van der Waals surface area (Å²) in [5.41, 5.74) is 8.75. The maximum Gasteiger partial charge on any atom is 0.291 e. The highest BCUT2D eigenvalue weighted by Gasteiger charge is 2.21. The van der Waals surface area contributed by atoms with Crippen molar-refractivity contribution < 1.29 is 33.6 Å². The predicted octanol–water partition coefficient (Wildman–Crippen LogP) is 1.96. The van der Waals surface area contributed by atoms with E-state index in [2.05, 4.69) is 42.2 Å². The van der Waals surface area contributed by atoms with Crippen LogP contribution in [0, 0.1) is 0 Å². The number of nitrogens with one attached hydrogen (secondary N) is 7. The quantitative estimate of drug-likeness (QED) is 0.0622. The molecule has 0 radical (unpaired) electrons. The minimum absolute atomic E-state index is 0.0904. The fraction of sp³-hybridized carbons (Fsp3) is 0.268. The van der Waals surface area contributed by atoms with E-state index in [0.29, 0.717) is 59.3 Å². The van der Waals surface area contributed by atoms with E-state index in [1.807, 2.05) is 0 Å². The Morgan fingerprint density at radius 2 is 0.825 bits per heavy atom. The molecule has 6 aromatic rings. The Morgan fingerprint density at radius 3 is 1.19 bits per heavy atom. The van der Waals surface area contributed by atoms with E-state index in [-0.39, 0.29) is 53.6 Å². The van der Waals surface area contributed by atoms with Crippen molar-refractivity contribution in [3.8, 4) is 0 Å². The fourth-order valence-corrected chi connectivity index (χ4v) is 6.69. The van der Waals surface area contributed by atoms with E-state index in [4.69, 9.17) is 5.73 Å². The molecule has 7 amide bonds. The lowest BCUT2D eigenvalue weighted by atomic mass is 10.2. The van der Waals surface area contributed by atoms with Gasteiger partial charge >= 0.3 is 0 Å². The molecule has 6 heterocycles. The first-order valence-electron chi connectivity index (χ1n) is 19.6. The molecular formula is C41H49N15O7. The fourth-order valence-electron chi connectivity index (χ4n) is 6.69. The number of amides is 7. The number of nitrogens with zero attached hydrogens (tertiary/aromatic N) is 7. The van der Waals surface area contributed by atoms with Crippen LogP contribution in [-0.4, -0.2) is 93.4 Å². The molecule has 0 aliphatic rings. The Balaban J connectivity index is 0.961. The lowest BCUT2D eigenvalue weighted by Crippen LogP contribution is -2.30. The highest BCUT2D eigenvalue weighted by molar-refractivity contribution is 6.09. The highest BCUT2D eigenvalue weighted by atomic mass is 16.2. The first kappa shape index (κ1) is 44.4. The van der Waals surface area contributed by atoms with Gasteiger partial charge in [0.25, 0.3) is 35.4 Å². The van der Waals surface area contributed by atoms with E-state index in [1.54, 1.807) is 119 Å². The predicted molar refractivity (Wildman–Crippen MR) is 234 cm³/mol. The summed E-state index contributed by atoms with van der Waals surface area (Å²) in [4.78, 5) is 94.2. The standard InChI is InChI=1S/C41H49N15O7/c1-51-13-12-43-35(51)41(63)50-28-16-29(53(3)23-28)36(58)44-10-7-8-34(57)46-24-14-31(54(4)19-24)38(60)48-26-17-33(56(6)21-26)40(62)49-27-18-32(55(5)22-27)39(61)47-25-15-30(52(2)20-25)37(59)45-11-9-42/h12-23H,7-11,42H2,1-6H3,(H,44,58)(H,45,59)(H,46,57)(H,47,61)(H,48,60)(H,49,62)(H,50,63). The molecule has 6 aromatic heterocycles. The van der Waals surface area contributed by atoms with E-state index < -0.39 is 23.6 Å². The van der Waals surface area contributed by atoms with Crippen LogP contribution in [0.5, 0.6) is 0 Å². The topological polar surface area (TPSA) is 272 Å². The Labute approximate surface area is 360 Å². The third-order valence-electron chi connectivity index (χ3n) is 9.82. The van der Waals surface area contributed by atoms with E-state index >= 15 is 0 Å². The Bertz CT molecular complexity index is 2720. The van der Waals surface area contributed by atoms with Crippen LogP contribution in [0.3, 0.4) is 0 Å². The first-order chi connectivity index (χ1) is 30.0. The van der Waals surface area contributed by atoms with E-state index in [0.717, 1.165) is 0 Å². The zero-order chi connectivity index (χ0) is 45.5. The molecule has 0 saturated heterocycles. The van der Waals surface area contributed by atoms with E-state index in [9.17, 15) is 33.6 Å². The molecule has 330 valence electrons. The number of carbonyl (C=O) groups excluding carboxylic acids is 7. The number of rotatable bonds is 17. The molecule has 0 aliphatic carbocycles. The molecule has 0 bridgehead atoms. The van der Waals surface area contributed by atoms with Gasteiger partial charge in [0.2, 0.25) is 5.91 Å². The number of nitrogens with two attached hydrogens (primary N) is 1. The van der Waals surface area contributed by atoms with Crippen LogP contribution in [0.2, 0.25) is 0 Å². The molecular weight excluding hydrogens is 815 g/mol. The summed E-state index contributed by atoms with van der Waals surface area (Å²) in [6.45, 7) is 0.819. The molecule has 0 unspecified atom stereocenters.